The smallest absolute Gasteiger partial charge is 0.222 e. The fraction of sp³-hybridized carbons (Fsp3) is 0.714. The van der Waals surface area contributed by atoms with Gasteiger partial charge in [-0.15, -0.1) is 0 Å². The molecule has 1 aromatic heterocycles. The van der Waals surface area contributed by atoms with E-state index in [0.717, 1.165) is 25.8 Å². The Bertz CT molecular complexity index is 454. The van der Waals surface area contributed by atoms with Gasteiger partial charge in [0.05, 0.1) is 6.54 Å². The van der Waals surface area contributed by atoms with E-state index >= 15 is 0 Å². The van der Waals surface area contributed by atoms with Crippen molar-refractivity contribution in [3.63, 3.8) is 0 Å². The van der Waals surface area contributed by atoms with Crippen molar-refractivity contribution in [3.05, 3.63) is 18.5 Å². The van der Waals surface area contributed by atoms with E-state index in [1.807, 2.05) is 16.9 Å². The summed E-state index contributed by atoms with van der Waals surface area (Å²) in [5, 5.41) is 14.3. The minimum absolute atomic E-state index is 0.101. The summed E-state index contributed by atoms with van der Waals surface area (Å²) < 4.78 is 7.53. The van der Waals surface area contributed by atoms with E-state index in [4.69, 9.17) is 4.74 Å². The van der Waals surface area contributed by atoms with Gasteiger partial charge in [-0.25, -0.2) is 0 Å². The lowest BCUT2D eigenvalue weighted by Crippen LogP contribution is -2.41. The van der Waals surface area contributed by atoms with Crippen molar-refractivity contribution in [2.75, 3.05) is 19.7 Å². The van der Waals surface area contributed by atoms with Crippen LogP contribution in [0.4, 0.5) is 0 Å². The summed E-state index contributed by atoms with van der Waals surface area (Å²) in [6, 6.07) is 1.87. The molecule has 0 aromatic carbocycles. The SMILES string of the molecule is O=C(CCCn1cccn1)N1C[C@H](O)[C@]2(CCCO2)C1. The molecule has 1 amide bonds. The number of hydrogen-bond acceptors (Lipinski definition) is 4. The second-order valence-corrected chi connectivity index (χ2v) is 5.68. The van der Waals surface area contributed by atoms with Crippen LogP contribution in [-0.2, 0) is 16.1 Å². The maximum Gasteiger partial charge on any atom is 0.222 e. The predicted octanol–water partition coefficient (Wildman–Crippen LogP) is 0.416. The lowest BCUT2D eigenvalue weighted by molar-refractivity contribution is -0.131. The number of ether oxygens (including phenoxy) is 1. The number of rotatable bonds is 4. The lowest BCUT2D eigenvalue weighted by atomic mass is 9.97. The van der Waals surface area contributed by atoms with E-state index in [-0.39, 0.29) is 5.91 Å². The van der Waals surface area contributed by atoms with Gasteiger partial charge in [-0.1, -0.05) is 0 Å². The minimum Gasteiger partial charge on any atom is -0.388 e. The summed E-state index contributed by atoms with van der Waals surface area (Å²) in [6.07, 6.45) is 6.17. The highest BCUT2D eigenvalue weighted by atomic mass is 16.5. The molecule has 6 nitrogen and oxygen atoms in total. The van der Waals surface area contributed by atoms with Gasteiger partial charge in [0.15, 0.2) is 0 Å². The lowest BCUT2D eigenvalue weighted by Gasteiger charge is -2.25. The molecule has 2 atom stereocenters. The van der Waals surface area contributed by atoms with Gasteiger partial charge in [-0.2, -0.15) is 5.10 Å². The van der Waals surface area contributed by atoms with Crippen molar-refractivity contribution in [2.24, 2.45) is 0 Å². The average molecular weight is 279 g/mol. The molecule has 0 saturated carbocycles. The first-order valence-corrected chi connectivity index (χ1v) is 7.27. The highest BCUT2D eigenvalue weighted by Crippen LogP contribution is 2.35. The molecule has 0 unspecified atom stereocenters. The Kier molecular flexibility index (Phi) is 3.76. The average Bonchev–Trinajstić information content (AvgIpc) is 3.14. The van der Waals surface area contributed by atoms with Crippen LogP contribution in [0.15, 0.2) is 18.5 Å². The van der Waals surface area contributed by atoms with Crippen molar-refractivity contribution in [1.29, 1.82) is 0 Å². The van der Waals surface area contributed by atoms with Crippen LogP contribution in [0.3, 0.4) is 0 Å². The highest BCUT2D eigenvalue weighted by molar-refractivity contribution is 5.76. The molecule has 1 N–H and O–H groups in total. The number of hydrogen-bond donors (Lipinski definition) is 1. The van der Waals surface area contributed by atoms with Gasteiger partial charge >= 0.3 is 0 Å². The Morgan fingerprint density at radius 2 is 2.45 bits per heavy atom. The number of aliphatic hydroxyl groups excluding tert-OH is 1. The van der Waals surface area contributed by atoms with E-state index in [2.05, 4.69) is 5.10 Å². The molecule has 2 saturated heterocycles. The van der Waals surface area contributed by atoms with Crippen LogP contribution in [0.2, 0.25) is 0 Å². The summed E-state index contributed by atoms with van der Waals surface area (Å²) in [5.74, 6) is 0.101. The number of aryl methyl sites for hydroxylation is 1. The zero-order valence-electron chi connectivity index (χ0n) is 11.6. The summed E-state index contributed by atoms with van der Waals surface area (Å²) in [6.45, 7) is 2.38. The molecule has 2 aliphatic heterocycles. The van der Waals surface area contributed by atoms with Gasteiger partial charge in [0.1, 0.15) is 11.7 Å². The fourth-order valence-electron chi connectivity index (χ4n) is 3.15. The summed E-state index contributed by atoms with van der Waals surface area (Å²) in [4.78, 5) is 13.9. The maximum atomic E-state index is 12.2. The molecule has 110 valence electrons. The Labute approximate surface area is 118 Å². The first-order valence-electron chi connectivity index (χ1n) is 7.27. The van der Waals surface area contributed by atoms with Gasteiger partial charge in [0.25, 0.3) is 0 Å². The van der Waals surface area contributed by atoms with Crippen LogP contribution in [0.1, 0.15) is 25.7 Å². The molecule has 0 radical (unpaired) electrons. The molecule has 1 aromatic rings. The molecular weight excluding hydrogens is 258 g/mol. The third-order valence-electron chi connectivity index (χ3n) is 4.28. The third-order valence-corrected chi connectivity index (χ3v) is 4.28. The zero-order valence-corrected chi connectivity index (χ0v) is 11.6. The summed E-state index contributed by atoms with van der Waals surface area (Å²) in [5.41, 5.74) is -0.488. The second kappa shape index (κ2) is 5.54. The zero-order chi connectivity index (χ0) is 14.0. The predicted molar refractivity (Wildman–Crippen MR) is 72.0 cm³/mol. The van der Waals surface area contributed by atoms with E-state index < -0.39 is 11.7 Å². The molecule has 6 heteroatoms. The molecule has 2 aliphatic rings. The molecule has 0 aliphatic carbocycles. The summed E-state index contributed by atoms with van der Waals surface area (Å²) >= 11 is 0. The van der Waals surface area contributed by atoms with Crippen molar-refractivity contribution < 1.29 is 14.6 Å². The first-order chi connectivity index (χ1) is 9.70. The van der Waals surface area contributed by atoms with E-state index in [1.165, 1.54) is 0 Å². The first kappa shape index (κ1) is 13.6. The molecule has 2 fully saturated rings. The van der Waals surface area contributed by atoms with Gasteiger partial charge in [0, 0.05) is 38.5 Å². The van der Waals surface area contributed by atoms with Crippen molar-refractivity contribution in [3.8, 4) is 0 Å². The number of amides is 1. The number of aliphatic hydroxyl groups is 1. The molecule has 20 heavy (non-hydrogen) atoms. The summed E-state index contributed by atoms with van der Waals surface area (Å²) in [7, 11) is 0. The van der Waals surface area contributed by atoms with Crippen molar-refractivity contribution >= 4 is 5.91 Å². The Balaban J connectivity index is 1.48. The van der Waals surface area contributed by atoms with Crippen molar-refractivity contribution in [2.45, 2.75) is 43.9 Å². The third kappa shape index (κ3) is 2.58. The van der Waals surface area contributed by atoms with Crippen LogP contribution in [0.5, 0.6) is 0 Å². The van der Waals surface area contributed by atoms with Gasteiger partial charge in [-0.05, 0) is 25.3 Å². The van der Waals surface area contributed by atoms with Crippen LogP contribution in [0.25, 0.3) is 0 Å². The van der Waals surface area contributed by atoms with Crippen LogP contribution in [-0.4, -0.2) is 57.1 Å². The number of β-amino-alcohol motifs (C(OH)–C–C–N with tert-alkyl or cyclic N) is 1. The van der Waals surface area contributed by atoms with Crippen LogP contribution >= 0.6 is 0 Å². The van der Waals surface area contributed by atoms with Gasteiger partial charge in [0.2, 0.25) is 5.91 Å². The maximum absolute atomic E-state index is 12.2. The van der Waals surface area contributed by atoms with Crippen LogP contribution < -0.4 is 0 Å². The Hall–Kier alpha value is -1.40. The van der Waals surface area contributed by atoms with E-state index in [9.17, 15) is 9.90 Å². The quantitative estimate of drug-likeness (QED) is 0.867. The Morgan fingerprint density at radius 1 is 1.55 bits per heavy atom. The number of aromatic nitrogens is 2. The monoisotopic (exact) mass is 279 g/mol. The van der Waals surface area contributed by atoms with Gasteiger partial charge < -0.3 is 14.7 Å². The fourth-order valence-corrected chi connectivity index (χ4v) is 3.15. The largest absolute Gasteiger partial charge is 0.388 e. The Morgan fingerprint density at radius 3 is 3.15 bits per heavy atom. The highest BCUT2D eigenvalue weighted by Gasteiger charge is 2.50. The van der Waals surface area contributed by atoms with E-state index in [1.54, 1.807) is 11.1 Å². The normalized spacial score (nSPS) is 29.4. The van der Waals surface area contributed by atoms with E-state index in [0.29, 0.717) is 26.1 Å². The molecule has 1 spiro atoms. The number of carbonyl (C=O) groups excluding carboxylic acids is 1. The second-order valence-electron chi connectivity index (χ2n) is 5.68. The molecular formula is C14H21N3O3. The standard InChI is InChI=1S/C14H21N3O3/c18-12-10-16(11-14(12)5-2-9-20-14)13(19)4-1-7-17-8-3-6-15-17/h3,6,8,12,18H,1-2,4-5,7,9-11H2/t12-,14-/m0/s1. The van der Waals surface area contributed by atoms with Gasteiger partial charge in [-0.3, -0.25) is 9.48 Å². The molecule has 0 bridgehead atoms. The number of carbonyl (C=O) groups is 1. The topological polar surface area (TPSA) is 67.6 Å². The van der Waals surface area contributed by atoms with Crippen molar-refractivity contribution in [1.82, 2.24) is 14.7 Å². The minimum atomic E-state index is -0.542. The molecule has 3 heterocycles. The van der Waals surface area contributed by atoms with Crippen LogP contribution in [0, 0.1) is 0 Å². The number of nitrogens with zero attached hydrogens (tertiary/aromatic N) is 3. The molecule has 3 rings (SSSR count). The number of likely N-dealkylation sites (tertiary alicyclic amines) is 1.